The summed E-state index contributed by atoms with van der Waals surface area (Å²) in [4.78, 5) is 30.3. The number of benzene rings is 3. The van der Waals surface area contributed by atoms with E-state index < -0.39 is 18.3 Å². The number of imide groups is 1. The van der Waals surface area contributed by atoms with E-state index in [-0.39, 0.29) is 18.6 Å². The molecule has 0 N–H and O–H groups in total. The lowest BCUT2D eigenvalue weighted by molar-refractivity contribution is -0.128. The lowest BCUT2D eigenvalue weighted by Crippen LogP contribution is -2.38. The fraction of sp³-hybridized carbons (Fsp3) is 0.214. The Hall–Kier alpha value is -3.12. The normalized spacial score (nSPS) is 18.9. The van der Waals surface area contributed by atoms with E-state index in [0.29, 0.717) is 22.0 Å². The van der Waals surface area contributed by atoms with Crippen molar-refractivity contribution in [2.24, 2.45) is 0 Å². The molecule has 3 aromatic rings. The van der Waals surface area contributed by atoms with Gasteiger partial charge in [0.2, 0.25) is 0 Å². The molecule has 0 spiro atoms. The van der Waals surface area contributed by atoms with Crippen LogP contribution in [0, 0.1) is 0 Å². The average Bonchev–Trinajstić information content (AvgIpc) is 3.14. The first kappa shape index (κ1) is 25.0. The van der Waals surface area contributed by atoms with E-state index in [4.69, 9.17) is 27.9 Å². The number of hydrogen-bond donors (Lipinski definition) is 0. The van der Waals surface area contributed by atoms with Gasteiger partial charge in [0.1, 0.15) is 12.8 Å². The fourth-order valence-electron chi connectivity index (χ4n) is 4.55. The molecule has 1 saturated heterocycles. The molecule has 3 atom stereocenters. The number of carbonyl (C=O) groups is 2. The summed E-state index contributed by atoms with van der Waals surface area (Å²) in [5.41, 5.74) is 2.45. The molecule has 35 heavy (non-hydrogen) atoms. The lowest BCUT2D eigenvalue weighted by Gasteiger charge is -2.36. The summed E-state index contributed by atoms with van der Waals surface area (Å²) in [5, 5.41) is 0.727. The Labute approximate surface area is 215 Å². The van der Waals surface area contributed by atoms with Crippen molar-refractivity contribution in [3.63, 3.8) is 0 Å². The molecule has 1 heterocycles. The van der Waals surface area contributed by atoms with Crippen LogP contribution in [0.15, 0.2) is 91.5 Å². The van der Waals surface area contributed by atoms with Crippen molar-refractivity contribution in [2.75, 3.05) is 6.61 Å². The minimum Gasteiger partial charge on any atom is -0.445 e. The van der Waals surface area contributed by atoms with Crippen LogP contribution in [0.5, 0.6) is 0 Å². The molecule has 7 heteroatoms. The van der Waals surface area contributed by atoms with E-state index in [2.05, 4.69) is 6.58 Å². The van der Waals surface area contributed by atoms with Gasteiger partial charge in [-0.25, -0.2) is 9.69 Å². The first-order valence-corrected chi connectivity index (χ1v) is 12.1. The van der Waals surface area contributed by atoms with Crippen molar-refractivity contribution < 1.29 is 14.3 Å². The molecule has 0 bridgehead atoms. The molecule has 2 amide bonds. The van der Waals surface area contributed by atoms with Gasteiger partial charge in [0.15, 0.2) is 0 Å². The highest BCUT2D eigenvalue weighted by atomic mass is 35.5. The standard InChI is InChI=1S/C28H26Cl2N2O3/c1-3-17-35-28(34)32-26(25-22(29)15-10-16-23(25)30)31(19(2)21-13-8-5-9-14-21)24(27(32)33)18-20-11-6-4-7-12-20/h3-16,19,24,26H,1,17-18H2,2H3/t19-,24+,26-/m1/s1. The molecule has 3 aromatic carbocycles. The second-order valence-electron chi connectivity index (χ2n) is 8.32. The maximum Gasteiger partial charge on any atom is 0.418 e. The molecule has 5 nitrogen and oxygen atoms in total. The number of halogens is 2. The third kappa shape index (κ3) is 5.13. The van der Waals surface area contributed by atoms with Gasteiger partial charge >= 0.3 is 6.09 Å². The monoisotopic (exact) mass is 508 g/mol. The van der Waals surface area contributed by atoms with Gasteiger partial charge in [-0.3, -0.25) is 9.69 Å². The van der Waals surface area contributed by atoms with E-state index in [9.17, 15) is 9.59 Å². The number of nitrogens with zero attached hydrogens (tertiary/aromatic N) is 2. The topological polar surface area (TPSA) is 49.9 Å². The maximum atomic E-state index is 13.9. The number of amides is 2. The fourth-order valence-corrected chi connectivity index (χ4v) is 5.15. The predicted molar refractivity (Wildman–Crippen MR) is 138 cm³/mol. The number of rotatable bonds is 7. The van der Waals surface area contributed by atoms with E-state index in [1.807, 2.05) is 72.5 Å². The highest BCUT2D eigenvalue weighted by Gasteiger charge is 2.53. The molecular weight excluding hydrogens is 483 g/mol. The Balaban J connectivity index is 1.89. The van der Waals surface area contributed by atoms with Gasteiger partial charge in [0, 0.05) is 21.7 Å². The summed E-state index contributed by atoms with van der Waals surface area (Å²) in [7, 11) is 0. The second-order valence-corrected chi connectivity index (χ2v) is 9.14. The van der Waals surface area contributed by atoms with Crippen LogP contribution in [0.4, 0.5) is 4.79 Å². The van der Waals surface area contributed by atoms with Gasteiger partial charge in [-0.2, -0.15) is 0 Å². The first-order valence-electron chi connectivity index (χ1n) is 11.3. The van der Waals surface area contributed by atoms with Crippen molar-refractivity contribution in [1.29, 1.82) is 0 Å². The van der Waals surface area contributed by atoms with Gasteiger partial charge in [0.25, 0.3) is 5.91 Å². The number of ether oxygens (including phenoxy) is 1. The zero-order valence-electron chi connectivity index (χ0n) is 19.3. The van der Waals surface area contributed by atoms with Gasteiger partial charge < -0.3 is 4.74 Å². The Morgan fingerprint density at radius 2 is 1.60 bits per heavy atom. The van der Waals surface area contributed by atoms with E-state index in [0.717, 1.165) is 16.0 Å². The molecule has 1 aliphatic rings. The van der Waals surface area contributed by atoms with Crippen LogP contribution in [0.1, 0.15) is 35.8 Å². The number of carbonyl (C=O) groups excluding carboxylic acids is 2. The van der Waals surface area contributed by atoms with E-state index >= 15 is 0 Å². The largest absolute Gasteiger partial charge is 0.445 e. The maximum absolute atomic E-state index is 13.9. The minimum atomic E-state index is -0.857. The Morgan fingerprint density at radius 3 is 2.20 bits per heavy atom. The van der Waals surface area contributed by atoms with Crippen LogP contribution in [0.2, 0.25) is 10.0 Å². The van der Waals surface area contributed by atoms with Crippen LogP contribution in [0.25, 0.3) is 0 Å². The molecule has 1 aliphatic heterocycles. The van der Waals surface area contributed by atoms with Gasteiger partial charge in [-0.05, 0) is 36.6 Å². The molecule has 4 rings (SSSR count). The molecule has 0 aliphatic carbocycles. The van der Waals surface area contributed by atoms with Gasteiger partial charge in [-0.15, -0.1) is 0 Å². The van der Waals surface area contributed by atoms with E-state index in [1.165, 1.54) is 6.08 Å². The molecule has 180 valence electrons. The van der Waals surface area contributed by atoms with Crippen molar-refractivity contribution in [1.82, 2.24) is 9.80 Å². The number of hydrogen-bond acceptors (Lipinski definition) is 4. The summed E-state index contributed by atoms with van der Waals surface area (Å²) in [6, 6.07) is 23.8. The van der Waals surface area contributed by atoms with Crippen molar-refractivity contribution in [3.8, 4) is 0 Å². The Bertz CT molecular complexity index is 1180. The van der Waals surface area contributed by atoms with E-state index in [1.54, 1.807) is 18.2 Å². The van der Waals surface area contributed by atoms with Gasteiger partial charge in [0.05, 0.1) is 6.04 Å². The zero-order chi connectivity index (χ0) is 24.9. The predicted octanol–water partition coefficient (Wildman–Crippen LogP) is 6.83. The summed E-state index contributed by atoms with van der Waals surface area (Å²) in [6.45, 7) is 5.59. The third-order valence-electron chi connectivity index (χ3n) is 6.19. The highest BCUT2D eigenvalue weighted by Crippen LogP contribution is 2.46. The molecule has 0 saturated carbocycles. The average molecular weight is 509 g/mol. The molecular formula is C28H26Cl2N2O3. The van der Waals surface area contributed by atoms with Crippen LogP contribution >= 0.6 is 23.2 Å². The third-order valence-corrected chi connectivity index (χ3v) is 6.85. The summed E-state index contributed by atoms with van der Waals surface area (Å²) in [5.74, 6) is -0.369. The van der Waals surface area contributed by atoms with Crippen molar-refractivity contribution in [3.05, 3.63) is 118 Å². The SMILES string of the molecule is C=CCOC(=O)N1C(=O)[C@H](Cc2ccccc2)N([C@H](C)c2ccccc2)[C@H]1c1c(Cl)cccc1Cl. The zero-order valence-corrected chi connectivity index (χ0v) is 20.8. The summed E-state index contributed by atoms with van der Waals surface area (Å²) in [6.07, 6.45) is 0.240. The van der Waals surface area contributed by atoms with Crippen LogP contribution < -0.4 is 0 Å². The van der Waals surface area contributed by atoms with Crippen molar-refractivity contribution in [2.45, 2.75) is 31.6 Å². The Kier molecular flexibility index (Phi) is 7.91. The lowest BCUT2D eigenvalue weighted by atomic mass is 9.99. The minimum absolute atomic E-state index is 0.0246. The summed E-state index contributed by atoms with van der Waals surface area (Å²) < 4.78 is 5.34. The Morgan fingerprint density at radius 1 is 1.00 bits per heavy atom. The molecule has 0 unspecified atom stereocenters. The quantitative estimate of drug-likeness (QED) is 0.328. The van der Waals surface area contributed by atoms with Crippen molar-refractivity contribution >= 4 is 35.2 Å². The molecule has 1 fully saturated rings. The highest BCUT2D eigenvalue weighted by molar-refractivity contribution is 6.36. The van der Waals surface area contributed by atoms with Crippen LogP contribution in [-0.4, -0.2) is 34.4 Å². The van der Waals surface area contributed by atoms with Crippen LogP contribution in [0.3, 0.4) is 0 Å². The first-order chi connectivity index (χ1) is 16.9. The smallest absolute Gasteiger partial charge is 0.418 e. The van der Waals surface area contributed by atoms with Gasteiger partial charge in [-0.1, -0.05) is 103 Å². The van der Waals surface area contributed by atoms with Crippen LogP contribution in [-0.2, 0) is 16.0 Å². The second kappa shape index (κ2) is 11.1. The molecule has 0 radical (unpaired) electrons. The summed E-state index contributed by atoms with van der Waals surface area (Å²) >= 11 is 13.3. The molecule has 0 aromatic heterocycles.